The van der Waals surface area contributed by atoms with Crippen molar-refractivity contribution in [2.24, 2.45) is 0 Å². The van der Waals surface area contributed by atoms with Gasteiger partial charge in [0.05, 0.1) is 17.8 Å². The van der Waals surface area contributed by atoms with E-state index in [1.807, 2.05) is 0 Å². The van der Waals surface area contributed by atoms with Crippen LogP contribution in [0.5, 0.6) is 0 Å². The molecule has 0 unspecified atom stereocenters. The largest absolute Gasteiger partial charge is 0.335 e. The summed E-state index contributed by atoms with van der Waals surface area (Å²) in [4.78, 5) is 1.05. The molecule has 1 aliphatic heterocycles. The van der Waals surface area contributed by atoms with Gasteiger partial charge in [0, 0.05) is 23.4 Å². The third-order valence-electron chi connectivity index (χ3n) is 3.96. The van der Waals surface area contributed by atoms with Gasteiger partial charge in [0.1, 0.15) is 17.5 Å². The summed E-state index contributed by atoms with van der Waals surface area (Å²) in [6, 6.07) is 9.61. The molecule has 0 bridgehead atoms. The number of rotatable bonds is 4. The summed E-state index contributed by atoms with van der Waals surface area (Å²) >= 11 is 0. The van der Waals surface area contributed by atoms with Crippen LogP contribution < -0.4 is 0 Å². The van der Waals surface area contributed by atoms with Gasteiger partial charge >= 0.3 is 0 Å². The number of alkyl halides is 2. The van der Waals surface area contributed by atoms with Crippen LogP contribution in [0, 0.1) is 17.5 Å². The highest BCUT2D eigenvalue weighted by atomic mass is 19.3. The molecule has 26 heavy (non-hydrogen) atoms. The maximum Gasteiger partial charge on any atom is 0.256 e. The Morgan fingerprint density at radius 3 is 2.12 bits per heavy atom. The molecule has 0 aromatic heterocycles. The van der Waals surface area contributed by atoms with E-state index in [0.717, 1.165) is 4.90 Å². The number of halogens is 5. The lowest BCUT2D eigenvalue weighted by molar-refractivity contribution is 0.123. The Morgan fingerprint density at radius 2 is 1.54 bits per heavy atom. The number of allylic oxidation sites excluding steroid dienone is 3. The molecule has 0 amide bonds. The Morgan fingerprint density at radius 1 is 0.923 bits per heavy atom. The summed E-state index contributed by atoms with van der Waals surface area (Å²) in [7, 11) is 0. The van der Waals surface area contributed by atoms with E-state index in [-0.39, 0.29) is 11.4 Å². The summed E-state index contributed by atoms with van der Waals surface area (Å²) < 4.78 is 68.4. The zero-order chi connectivity index (χ0) is 18.8. The molecule has 1 aliphatic rings. The van der Waals surface area contributed by atoms with Crippen molar-refractivity contribution in [3.63, 3.8) is 0 Å². The molecule has 0 saturated carbocycles. The van der Waals surface area contributed by atoms with E-state index in [4.69, 9.17) is 0 Å². The van der Waals surface area contributed by atoms with E-state index in [1.54, 1.807) is 36.4 Å². The standard InChI is InChI=1S/C20H14F5N/c1-12-7-8-15(13-5-3-2-4-6-13)20(26(12)11-18(24)25)19-16(22)9-14(21)10-17(19)23/h2-10,18H,1,11H2. The first-order valence-electron chi connectivity index (χ1n) is 7.75. The molecule has 3 rings (SSSR count). The second kappa shape index (κ2) is 7.15. The molecule has 2 aromatic carbocycles. The van der Waals surface area contributed by atoms with Crippen LogP contribution in [-0.4, -0.2) is 17.9 Å². The fourth-order valence-electron chi connectivity index (χ4n) is 2.87. The Labute approximate surface area is 147 Å². The molecule has 0 fully saturated rings. The van der Waals surface area contributed by atoms with Crippen molar-refractivity contribution in [1.29, 1.82) is 0 Å². The molecular formula is C20H14F5N. The van der Waals surface area contributed by atoms with Crippen molar-refractivity contribution in [2.75, 3.05) is 6.54 Å². The van der Waals surface area contributed by atoms with Crippen LogP contribution >= 0.6 is 0 Å². The SMILES string of the molecule is C=C1C=CC(c2ccccc2)=C(c2c(F)cc(F)cc2F)N1CC(F)F. The van der Waals surface area contributed by atoms with Crippen molar-refractivity contribution in [1.82, 2.24) is 4.90 Å². The lowest BCUT2D eigenvalue weighted by atomic mass is 9.94. The van der Waals surface area contributed by atoms with Crippen LogP contribution in [-0.2, 0) is 0 Å². The van der Waals surface area contributed by atoms with Crippen molar-refractivity contribution in [3.05, 3.63) is 95.5 Å². The van der Waals surface area contributed by atoms with Gasteiger partial charge in [-0.05, 0) is 11.6 Å². The molecule has 0 radical (unpaired) electrons. The average molecular weight is 363 g/mol. The quantitative estimate of drug-likeness (QED) is 0.637. The normalized spacial score (nSPS) is 14.5. The van der Waals surface area contributed by atoms with Crippen LogP contribution in [0.3, 0.4) is 0 Å². The Hall–Kier alpha value is -2.89. The second-order valence-corrected chi connectivity index (χ2v) is 5.70. The highest BCUT2D eigenvalue weighted by molar-refractivity contribution is 5.97. The minimum atomic E-state index is -2.77. The van der Waals surface area contributed by atoms with Crippen molar-refractivity contribution in [3.8, 4) is 0 Å². The predicted octanol–water partition coefficient (Wildman–Crippen LogP) is 5.62. The first kappa shape index (κ1) is 17.9. The van der Waals surface area contributed by atoms with Gasteiger partial charge in [-0.15, -0.1) is 0 Å². The minimum absolute atomic E-state index is 0.112. The summed E-state index contributed by atoms with van der Waals surface area (Å²) in [5, 5.41) is 0. The van der Waals surface area contributed by atoms with Crippen LogP contribution in [0.4, 0.5) is 22.0 Å². The molecular weight excluding hydrogens is 349 g/mol. The fraction of sp³-hybridized carbons (Fsp3) is 0.100. The molecule has 0 aliphatic carbocycles. The van der Waals surface area contributed by atoms with Crippen LogP contribution in [0.25, 0.3) is 11.3 Å². The van der Waals surface area contributed by atoms with Crippen molar-refractivity contribution < 1.29 is 22.0 Å². The summed E-state index contributed by atoms with van der Waals surface area (Å²) in [5.74, 6) is -3.43. The topological polar surface area (TPSA) is 3.24 Å². The summed E-state index contributed by atoms with van der Waals surface area (Å²) in [6.07, 6.45) is 0.280. The maximum atomic E-state index is 14.4. The number of hydrogen-bond donors (Lipinski definition) is 0. The zero-order valence-corrected chi connectivity index (χ0v) is 13.5. The molecule has 6 heteroatoms. The van der Waals surface area contributed by atoms with Gasteiger partial charge in [0.25, 0.3) is 6.43 Å². The smallest absolute Gasteiger partial charge is 0.256 e. The molecule has 0 atom stereocenters. The van der Waals surface area contributed by atoms with E-state index < -0.39 is 36.0 Å². The Balaban J connectivity index is 2.31. The van der Waals surface area contributed by atoms with E-state index in [1.165, 1.54) is 6.08 Å². The summed E-state index contributed by atoms with van der Waals surface area (Å²) in [6.45, 7) is 2.88. The third kappa shape index (κ3) is 3.40. The maximum absolute atomic E-state index is 14.4. The molecule has 1 nitrogen and oxygen atoms in total. The van der Waals surface area contributed by atoms with Gasteiger partial charge in [0.15, 0.2) is 0 Å². The molecule has 0 spiro atoms. The number of hydrogen-bond acceptors (Lipinski definition) is 1. The minimum Gasteiger partial charge on any atom is -0.335 e. The van der Waals surface area contributed by atoms with Gasteiger partial charge in [-0.1, -0.05) is 43.0 Å². The lowest BCUT2D eigenvalue weighted by Crippen LogP contribution is -2.29. The molecule has 0 saturated heterocycles. The highest BCUT2D eigenvalue weighted by Gasteiger charge is 2.29. The average Bonchev–Trinajstić information content (AvgIpc) is 2.57. The van der Waals surface area contributed by atoms with Crippen molar-refractivity contribution >= 4 is 11.3 Å². The van der Waals surface area contributed by atoms with Crippen LogP contribution in [0.2, 0.25) is 0 Å². The second-order valence-electron chi connectivity index (χ2n) is 5.70. The van der Waals surface area contributed by atoms with E-state index in [2.05, 4.69) is 6.58 Å². The van der Waals surface area contributed by atoms with E-state index in [0.29, 0.717) is 23.3 Å². The monoisotopic (exact) mass is 363 g/mol. The van der Waals surface area contributed by atoms with Crippen LogP contribution in [0.1, 0.15) is 11.1 Å². The molecule has 0 N–H and O–H groups in total. The van der Waals surface area contributed by atoms with Gasteiger partial charge in [-0.3, -0.25) is 0 Å². The molecule has 134 valence electrons. The number of nitrogens with zero attached hydrogens (tertiary/aromatic N) is 1. The molecule has 1 heterocycles. The van der Waals surface area contributed by atoms with Gasteiger partial charge < -0.3 is 4.90 Å². The van der Waals surface area contributed by atoms with Crippen LogP contribution in [0.15, 0.2) is 66.9 Å². The number of benzene rings is 2. The van der Waals surface area contributed by atoms with Gasteiger partial charge in [0.2, 0.25) is 0 Å². The summed E-state index contributed by atoms with van der Waals surface area (Å²) in [5.41, 5.74) is 0.384. The fourth-order valence-corrected chi connectivity index (χ4v) is 2.87. The van der Waals surface area contributed by atoms with Gasteiger partial charge in [-0.25, -0.2) is 22.0 Å². The van der Waals surface area contributed by atoms with E-state index in [9.17, 15) is 22.0 Å². The first-order chi connectivity index (χ1) is 12.4. The molecule has 2 aromatic rings. The third-order valence-corrected chi connectivity index (χ3v) is 3.96. The lowest BCUT2D eigenvalue weighted by Gasteiger charge is -2.33. The van der Waals surface area contributed by atoms with Crippen molar-refractivity contribution in [2.45, 2.75) is 6.43 Å². The Kier molecular flexibility index (Phi) is 4.93. The highest BCUT2D eigenvalue weighted by Crippen LogP contribution is 2.39. The van der Waals surface area contributed by atoms with Gasteiger partial charge in [-0.2, -0.15) is 0 Å². The first-order valence-corrected chi connectivity index (χ1v) is 7.75. The van der Waals surface area contributed by atoms with E-state index >= 15 is 0 Å². The Bertz CT molecular complexity index is 877. The predicted molar refractivity (Wildman–Crippen MR) is 90.6 cm³/mol. The zero-order valence-electron chi connectivity index (χ0n) is 13.5.